The molecule has 0 bridgehead atoms. The highest BCUT2D eigenvalue weighted by Crippen LogP contribution is 2.36. The lowest BCUT2D eigenvalue weighted by molar-refractivity contribution is 0.0462. The van der Waals surface area contributed by atoms with Crippen molar-refractivity contribution in [2.75, 3.05) is 63.9 Å². The number of aromatic amines is 1. The third kappa shape index (κ3) is 7.20. The average Bonchev–Trinajstić information content (AvgIpc) is 3.34. The predicted octanol–water partition coefficient (Wildman–Crippen LogP) is 2.91. The van der Waals surface area contributed by atoms with Crippen molar-refractivity contribution < 1.29 is 31.0 Å². The summed E-state index contributed by atoms with van der Waals surface area (Å²) in [6.45, 7) is 2.43. The van der Waals surface area contributed by atoms with E-state index in [9.17, 15) is 16.8 Å². The Balaban J connectivity index is 1.61. The van der Waals surface area contributed by atoms with Gasteiger partial charge in [-0.2, -0.15) is 4.31 Å². The summed E-state index contributed by atoms with van der Waals surface area (Å²) in [5.41, 5.74) is 0.565. The summed E-state index contributed by atoms with van der Waals surface area (Å²) in [5, 5.41) is 4.22. The zero-order chi connectivity index (χ0) is 28.8. The van der Waals surface area contributed by atoms with Crippen molar-refractivity contribution >= 4 is 59.8 Å². The van der Waals surface area contributed by atoms with Gasteiger partial charge in [0.05, 0.1) is 50.9 Å². The zero-order valence-electron chi connectivity index (χ0n) is 21.3. The summed E-state index contributed by atoms with van der Waals surface area (Å²) in [6, 6.07) is 6.67. The molecule has 40 heavy (non-hydrogen) atoms. The van der Waals surface area contributed by atoms with Crippen LogP contribution in [0, 0.1) is 12.3 Å². The van der Waals surface area contributed by atoms with E-state index in [0.29, 0.717) is 40.6 Å². The van der Waals surface area contributed by atoms with E-state index in [1.165, 1.54) is 34.8 Å². The molecule has 0 aliphatic carbocycles. The molecule has 3 N–H and O–H groups in total. The summed E-state index contributed by atoms with van der Waals surface area (Å²) in [6.07, 6.45) is 6.61. The molecule has 0 unspecified atom stereocenters. The highest BCUT2D eigenvalue weighted by atomic mass is 35.5. The average molecular weight is 632 g/mol. The number of sulfonamides is 2. The van der Waals surface area contributed by atoms with E-state index in [1.54, 1.807) is 0 Å². The number of H-pyrrole nitrogens is 1. The lowest BCUT2D eigenvalue weighted by Crippen LogP contribution is -2.46. The number of rotatable bonds is 13. The van der Waals surface area contributed by atoms with Crippen LogP contribution in [0.4, 0.5) is 5.69 Å². The summed E-state index contributed by atoms with van der Waals surface area (Å²) >= 11 is 12.4. The maximum atomic E-state index is 13.5. The van der Waals surface area contributed by atoms with Gasteiger partial charge in [-0.15, -0.1) is 6.42 Å². The Hall–Kier alpha value is -2.54. The van der Waals surface area contributed by atoms with E-state index in [4.69, 9.17) is 43.8 Å². The van der Waals surface area contributed by atoms with Crippen LogP contribution in [-0.2, 0) is 29.5 Å². The zero-order valence-corrected chi connectivity index (χ0v) is 24.4. The third-order valence-electron chi connectivity index (χ3n) is 5.91. The molecule has 15 heteroatoms. The molecule has 0 atom stereocenters. The van der Waals surface area contributed by atoms with Gasteiger partial charge in [0.1, 0.15) is 19.0 Å². The summed E-state index contributed by atoms with van der Waals surface area (Å²) in [5.74, 6) is 2.40. The van der Waals surface area contributed by atoms with Crippen LogP contribution in [-0.4, -0.2) is 85.3 Å². The summed E-state index contributed by atoms with van der Waals surface area (Å²) in [7, 11) is -8.30. The van der Waals surface area contributed by atoms with Crippen molar-refractivity contribution in [2.45, 2.75) is 9.79 Å². The number of anilines is 1. The van der Waals surface area contributed by atoms with E-state index in [0.717, 1.165) is 6.07 Å². The van der Waals surface area contributed by atoms with Gasteiger partial charge in [-0.1, -0.05) is 29.1 Å². The minimum absolute atomic E-state index is 0.0397. The lowest BCUT2D eigenvalue weighted by Gasteiger charge is -2.27. The molecule has 2 aromatic carbocycles. The van der Waals surface area contributed by atoms with Crippen LogP contribution in [0.2, 0.25) is 10.0 Å². The number of benzene rings is 2. The van der Waals surface area contributed by atoms with Gasteiger partial charge in [-0.3, -0.25) is 4.72 Å². The Bertz CT molecular complexity index is 1600. The Morgan fingerprint density at radius 2 is 1.65 bits per heavy atom. The Morgan fingerprint density at radius 3 is 2.40 bits per heavy atom. The van der Waals surface area contributed by atoms with E-state index < -0.39 is 20.0 Å². The second kappa shape index (κ2) is 13.4. The number of nitrogens with one attached hydrogen (secondary N) is 3. The molecule has 1 aliphatic rings. The first-order chi connectivity index (χ1) is 19.1. The van der Waals surface area contributed by atoms with Crippen LogP contribution in [0.25, 0.3) is 10.9 Å². The molecular weight excluding hydrogens is 603 g/mol. The van der Waals surface area contributed by atoms with Crippen LogP contribution in [0.3, 0.4) is 0 Å². The summed E-state index contributed by atoms with van der Waals surface area (Å²) < 4.78 is 74.0. The fraction of sp³-hybridized carbons (Fsp3) is 0.360. The molecule has 2 heterocycles. The second-order valence-corrected chi connectivity index (χ2v) is 13.0. The number of hydrogen-bond donors (Lipinski definition) is 3. The number of halogens is 2. The minimum atomic E-state index is -4.29. The van der Waals surface area contributed by atoms with E-state index in [2.05, 4.69) is 20.9 Å². The standard InChI is InChI=1S/C25H28Cl2N4O7S2/c1-2-9-36-10-11-37-12-13-38-18-14-19(16-20(15-18)40(34,35)31-7-5-28-6-8-31)39(32,33)30-23-4-3-21(26)24-22(27)17-29-25(23)24/h1,3-4,14-17,28-30H,5-13H2. The molecule has 4 rings (SSSR count). The van der Waals surface area contributed by atoms with E-state index in [1.807, 2.05) is 0 Å². The predicted molar refractivity (Wildman–Crippen MR) is 153 cm³/mol. The molecule has 0 amide bonds. The maximum Gasteiger partial charge on any atom is 0.262 e. The Labute approximate surface area is 243 Å². The highest BCUT2D eigenvalue weighted by Gasteiger charge is 2.29. The maximum absolute atomic E-state index is 13.5. The molecule has 216 valence electrons. The Kier molecular flexibility index (Phi) is 10.2. The normalized spacial score (nSPS) is 14.7. The summed E-state index contributed by atoms with van der Waals surface area (Å²) in [4.78, 5) is 2.40. The van der Waals surface area contributed by atoms with E-state index in [-0.39, 0.29) is 60.7 Å². The topological polar surface area (TPSA) is 139 Å². The third-order valence-corrected chi connectivity index (χ3v) is 9.75. The van der Waals surface area contributed by atoms with Crippen molar-refractivity contribution in [3.8, 4) is 18.1 Å². The van der Waals surface area contributed by atoms with Crippen molar-refractivity contribution in [3.63, 3.8) is 0 Å². The first-order valence-electron chi connectivity index (χ1n) is 12.2. The first-order valence-corrected chi connectivity index (χ1v) is 15.9. The largest absolute Gasteiger partial charge is 0.491 e. The number of fused-ring (bicyclic) bond motifs is 1. The van der Waals surface area contributed by atoms with Crippen LogP contribution in [0.5, 0.6) is 5.75 Å². The van der Waals surface area contributed by atoms with Gasteiger partial charge in [0.15, 0.2) is 0 Å². The molecule has 1 saturated heterocycles. The van der Waals surface area contributed by atoms with Gasteiger partial charge in [0, 0.05) is 49.9 Å². The monoisotopic (exact) mass is 630 g/mol. The molecule has 0 spiro atoms. The molecule has 3 aromatic rings. The van der Waals surface area contributed by atoms with Crippen LogP contribution < -0.4 is 14.8 Å². The second-order valence-electron chi connectivity index (χ2n) is 8.60. The smallest absolute Gasteiger partial charge is 0.262 e. The van der Waals surface area contributed by atoms with Gasteiger partial charge in [-0.25, -0.2) is 16.8 Å². The van der Waals surface area contributed by atoms with Crippen molar-refractivity contribution in [2.24, 2.45) is 0 Å². The number of piperazine rings is 1. The van der Waals surface area contributed by atoms with Gasteiger partial charge >= 0.3 is 0 Å². The fourth-order valence-electron chi connectivity index (χ4n) is 3.99. The molecule has 11 nitrogen and oxygen atoms in total. The quantitative estimate of drug-likeness (QED) is 0.193. The van der Waals surface area contributed by atoms with Gasteiger partial charge < -0.3 is 24.5 Å². The van der Waals surface area contributed by atoms with E-state index >= 15 is 0 Å². The minimum Gasteiger partial charge on any atom is -0.491 e. The van der Waals surface area contributed by atoms with Crippen molar-refractivity contribution in [1.29, 1.82) is 0 Å². The van der Waals surface area contributed by atoms with Gasteiger partial charge in [-0.05, 0) is 18.2 Å². The van der Waals surface area contributed by atoms with Gasteiger partial charge in [0.2, 0.25) is 10.0 Å². The molecule has 1 aliphatic heterocycles. The molecular formula is C25H28Cl2N4O7S2. The number of aromatic nitrogens is 1. The number of ether oxygens (including phenoxy) is 3. The fourth-order valence-corrected chi connectivity index (χ4v) is 7.26. The molecule has 1 aromatic heterocycles. The Morgan fingerprint density at radius 1 is 0.950 bits per heavy atom. The van der Waals surface area contributed by atoms with Gasteiger partial charge in [0.25, 0.3) is 10.0 Å². The molecule has 1 fully saturated rings. The van der Waals surface area contributed by atoms with Crippen molar-refractivity contribution in [3.05, 3.63) is 46.6 Å². The SMILES string of the molecule is C#CCOCCOCCOc1cc(S(=O)(=O)Nc2ccc(Cl)c3c(Cl)c[nH]c23)cc(S(=O)(=O)N2CCNCC2)c1. The number of terminal acetylenes is 1. The van der Waals surface area contributed by atoms with Crippen LogP contribution in [0.15, 0.2) is 46.3 Å². The molecule has 0 saturated carbocycles. The van der Waals surface area contributed by atoms with Crippen LogP contribution >= 0.6 is 23.2 Å². The highest BCUT2D eigenvalue weighted by molar-refractivity contribution is 7.93. The lowest BCUT2D eigenvalue weighted by atomic mass is 10.2. The van der Waals surface area contributed by atoms with Crippen molar-refractivity contribution in [1.82, 2.24) is 14.6 Å². The molecule has 0 radical (unpaired) electrons. The number of nitrogens with zero attached hydrogens (tertiary/aromatic N) is 1. The van der Waals surface area contributed by atoms with Crippen LogP contribution in [0.1, 0.15) is 0 Å². The number of hydrogen-bond acceptors (Lipinski definition) is 8. The first kappa shape index (κ1) is 30.4.